The lowest BCUT2D eigenvalue weighted by Gasteiger charge is -2.29. The van der Waals surface area contributed by atoms with Gasteiger partial charge in [-0.05, 0) is 46.8 Å². The number of Topliss-reactive ketones (excluding diaryl/α,β-unsaturated/α-hetero) is 1. The van der Waals surface area contributed by atoms with Gasteiger partial charge in [-0.3, -0.25) is 9.69 Å². The van der Waals surface area contributed by atoms with Gasteiger partial charge in [0, 0.05) is 11.6 Å². The molecule has 0 N–H and O–H groups in total. The minimum atomic E-state index is -0.633. The number of ether oxygens (including phenoxy) is 1. The van der Waals surface area contributed by atoms with Crippen LogP contribution in [0.2, 0.25) is 0 Å². The van der Waals surface area contributed by atoms with Crippen molar-refractivity contribution in [3.05, 3.63) is 35.6 Å². The summed E-state index contributed by atoms with van der Waals surface area (Å²) in [6, 6.07) is 5.23. The molecule has 0 aromatic heterocycles. The second kappa shape index (κ2) is 6.70. The molecule has 0 atom stereocenters. The Bertz CT molecular complexity index is 520. The van der Waals surface area contributed by atoms with Crippen molar-refractivity contribution in [3.8, 4) is 0 Å². The van der Waals surface area contributed by atoms with E-state index in [9.17, 15) is 14.0 Å². The van der Waals surface area contributed by atoms with Crippen LogP contribution in [0.1, 0.15) is 45.0 Å². The van der Waals surface area contributed by atoms with Crippen LogP contribution in [0.5, 0.6) is 0 Å². The Hall–Kier alpha value is -1.91. The predicted molar refractivity (Wildman–Crippen MR) is 78.8 cm³/mol. The maximum Gasteiger partial charge on any atom is 0.410 e. The van der Waals surface area contributed by atoms with Crippen molar-refractivity contribution in [2.24, 2.45) is 0 Å². The van der Waals surface area contributed by atoms with Gasteiger partial charge >= 0.3 is 6.09 Å². The smallest absolute Gasteiger partial charge is 0.410 e. The van der Waals surface area contributed by atoms with Crippen molar-refractivity contribution in [2.45, 2.75) is 46.3 Å². The Balaban J connectivity index is 2.84. The summed E-state index contributed by atoms with van der Waals surface area (Å²) in [5.74, 6) is -0.803. The van der Waals surface area contributed by atoms with E-state index in [1.807, 2.05) is 0 Å². The molecule has 0 spiro atoms. The van der Waals surface area contributed by atoms with Crippen molar-refractivity contribution in [1.82, 2.24) is 4.90 Å². The Labute approximate surface area is 124 Å². The molecule has 0 heterocycles. The highest BCUT2D eigenvalue weighted by atomic mass is 19.1. The standard InChI is InChI=1S/C16H22FNO3/c1-11(2)18(15(20)21-16(3,4)5)10-14(19)12-7-6-8-13(17)9-12/h6-9,11H,10H2,1-5H3. The van der Waals surface area contributed by atoms with Crippen molar-refractivity contribution >= 4 is 11.9 Å². The summed E-state index contributed by atoms with van der Waals surface area (Å²) >= 11 is 0. The zero-order valence-corrected chi connectivity index (χ0v) is 13.1. The number of hydrogen-bond donors (Lipinski definition) is 0. The fourth-order valence-electron chi connectivity index (χ4n) is 1.69. The third-order valence-corrected chi connectivity index (χ3v) is 2.71. The van der Waals surface area contributed by atoms with Crippen molar-refractivity contribution < 1.29 is 18.7 Å². The molecule has 5 heteroatoms. The fraction of sp³-hybridized carbons (Fsp3) is 0.500. The van der Waals surface area contributed by atoms with E-state index >= 15 is 0 Å². The van der Waals surface area contributed by atoms with Gasteiger partial charge in [-0.15, -0.1) is 0 Å². The zero-order chi connectivity index (χ0) is 16.2. The van der Waals surface area contributed by atoms with E-state index in [1.165, 1.54) is 23.1 Å². The molecule has 4 nitrogen and oxygen atoms in total. The first-order valence-corrected chi connectivity index (χ1v) is 6.88. The van der Waals surface area contributed by atoms with Gasteiger partial charge in [0.2, 0.25) is 0 Å². The van der Waals surface area contributed by atoms with Crippen molar-refractivity contribution in [3.63, 3.8) is 0 Å². The summed E-state index contributed by atoms with van der Waals surface area (Å²) in [7, 11) is 0. The molecular formula is C16H22FNO3. The molecule has 0 aliphatic rings. The molecule has 0 aliphatic carbocycles. The van der Waals surface area contributed by atoms with E-state index in [0.717, 1.165) is 6.07 Å². The topological polar surface area (TPSA) is 46.6 Å². The second-order valence-corrected chi connectivity index (χ2v) is 6.14. The van der Waals surface area contributed by atoms with E-state index in [2.05, 4.69) is 0 Å². The van der Waals surface area contributed by atoms with Crippen LogP contribution < -0.4 is 0 Å². The Morgan fingerprint density at radius 2 is 1.90 bits per heavy atom. The Morgan fingerprint density at radius 1 is 1.29 bits per heavy atom. The molecule has 116 valence electrons. The van der Waals surface area contributed by atoms with E-state index in [-0.39, 0.29) is 23.9 Å². The Kier molecular flexibility index (Phi) is 5.47. The number of rotatable bonds is 4. The number of carbonyl (C=O) groups excluding carboxylic acids is 2. The minimum absolute atomic E-state index is 0.143. The highest BCUT2D eigenvalue weighted by Gasteiger charge is 2.26. The maximum absolute atomic E-state index is 13.1. The van der Waals surface area contributed by atoms with Crippen LogP contribution in [0.4, 0.5) is 9.18 Å². The molecule has 1 amide bonds. The van der Waals surface area contributed by atoms with Gasteiger partial charge in [-0.2, -0.15) is 0 Å². The zero-order valence-electron chi connectivity index (χ0n) is 13.1. The molecule has 0 radical (unpaired) electrons. The lowest BCUT2D eigenvalue weighted by Crippen LogP contribution is -2.43. The number of ketones is 1. The molecule has 1 rings (SSSR count). The first-order valence-electron chi connectivity index (χ1n) is 6.88. The number of nitrogens with zero attached hydrogens (tertiary/aromatic N) is 1. The van der Waals surface area contributed by atoms with Gasteiger partial charge < -0.3 is 4.74 Å². The predicted octanol–water partition coefficient (Wildman–Crippen LogP) is 3.65. The minimum Gasteiger partial charge on any atom is -0.444 e. The van der Waals surface area contributed by atoms with E-state index < -0.39 is 17.5 Å². The summed E-state index contributed by atoms with van der Waals surface area (Å²) in [5.41, 5.74) is -0.393. The van der Waals surface area contributed by atoms with Gasteiger partial charge in [-0.25, -0.2) is 9.18 Å². The quantitative estimate of drug-likeness (QED) is 0.796. The lowest BCUT2D eigenvalue weighted by molar-refractivity contribution is 0.0191. The molecule has 0 saturated carbocycles. The van der Waals surface area contributed by atoms with Crippen LogP contribution in [-0.2, 0) is 4.74 Å². The SMILES string of the molecule is CC(C)N(CC(=O)c1cccc(F)c1)C(=O)OC(C)(C)C. The van der Waals surface area contributed by atoms with Crippen LogP contribution in [-0.4, -0.2) is 35.0 Å². The first-order chi connectivity index (χ1) is 9.60. The molecule has 1 aromatic rings. The fourth-order valence-corrected chi connectivity index (χ4v) is 1.69. The average molecular weight is 295 g/mol. The second-order valence-electron chi connectivity index (χ2n) is 6.14. The number of carbonyl (C=O) groups is 2. The summed E-state index contributed by atoms with van der Waals surface area (Å²) in [4.78, 5) is 25.6. The largest absolute Gasteiger partial charge is 0.444 e. The maximum atomic E-state index is 13.1. The summed E-state index contributed by atoms with van der Waals surface area (Å²) in [5, 5.41) is 0. The highest BCUT2D eigenvalue weighted by molar-refractivity contribution is 5.98. The summed E-state index contributed by atoms with van der Waals surface area (Å²) in [6.45, 7) is 8.73. The molecular weight excluding hydrogens is 273 g/mol. The summed E-state index contributed by atoms with van der Waals surface area (Å²) < 4.78 is 18.4. The van der Waals surface area contributed by atoms with Crippen molar-refractivity contribution in [1.29, 1.82) is 0 Å². The van der Waals surface area contributed by atoms with E-state index in [4.69, 9.17) is 4.74 Å². The highest BCUT2D eigenvalue weighted by Crippen LogP contribution is 2.13. The molecule has 0 unspecified atom stereocenters. The molecule has 1 aromatic carbocycles. The number of halogens is 1. The molecule has 0 saturated heterocycles. The van der Waals surface area contributed by atoms with Crippen LogP contribution >= 0.6 is 0 Å². The summed E-state index contributed by atoms with van der Waals surface area (Å²) in [6.07, 6.45) is -0.553. The average Bonchev–Trinajstić information content (AvgIpc) is 2.32. The van der Waals surface area contributed by atoms with Crippen LogP contribution in [0.3, 0.4) is 0 Å². The van der Waals surface area contributed by atoms with Gasteiger partial charge in [-0.1, -0.05) is 12.1 Å². The normalized spacial score (nSPS) is 11.4. The van der Waals surface area contributed by atoms with Gasteiger partial charge in [0.25, 0.3) is 0 Å². The molecule has 21 heavy (non-hydrogen) atoms. The van der Waals surface area contributed by atoms with Gasteiger partial charge in [0.15, 0.2) is 5.78 Å². The van der Waals surface area contributed by atoms with E-state index in [0.29, 0.717) is 0 Å². The van der Waals surface area contributed by atoms with Crippen LogP contribution in [0.15, 0.2) is 24.3 Å². The van der Waals surface area contributed by atoms with Gasteiger partial charge in [0.1, 0.15) is 11.4 Å². The van der Waals surface area contributed by atoms with Crippen LogP contribution in [0.25, 0.3) is 0 Å². The number of amides is 1. The molecule has 0 aliphatic heterocycles. The first kappa shape index (κ1) is 17.1. The van der Waals surface area contributed by atoms with Gasteiger partial charge in [0.05, 0.1) is 6.54 Å². The number of hydrogen-bond acceptors (Lipinski definition) is 3. The Morgan fingerprint density at radius 3 is 2.38 bits per heavy atom. The third-order valence-electron chi connectivity index (χ3n) is 2.71. The van der Waals surface area contributed by atoms with E-state index in [1.54, 1.807) is 34.6 Å². The molecule has 0 fully saturated rings. The molecule has 0 bridgehead atoms. The number of benzene rings is 1. The van der Waals surface area contributed by atoms with Crippen LogP contribution in [0, 0.1) is 5.82 Å². The van der Waals surface area contributed by atoms with Crippen molar-refractivity contribution in [2.75, 3.05) is 6.54 Å². The monoisotopic (exact) mass is 295 g/mol. The third kappa shape index (κ3) is 5.53. The lowest BCUT2D eigenvalue weighted by atomic mass is 10.1.